The van der Waals surface area contributed by atoms with Gasteiger partial charge in [0.1, 0.15) is 6.04 Å². The number of halogens is 1. The zero-order valence-corrected chi connectivity index (χ0v) is 15.3. The van der Waals surface area contributed by atoms with Crippen molar-refractivity contribution in [3.05, 3.63) is 70.7 Å². The summed E-state index contributed by atoms with van der Waals surface area (Å²) in [4.78, 5) is 24.1. The minimum Gasteiger partial charge on any atom is -0.341 e. The fourth-order valence-corrected chi connectivity index (χ4v) is 2.96. The molecule has 0 radical (unpaired) electrons. The first-order valence-electron chi connectivity index (χ1n) is 8.39. The van der Waals surface area contributed by atoms with E-state index < -0.39 is 6.04 Å². The fourth-order valence-electron chi connectivity index (χ4n) is 2.65. The van der Waals surface area contributed by atoms with Crippen LogP contribution in [0.1, 0.15) is 31.0 Å². The molecule has 0 bridgehead atoms. The molecular formula is C20H24ClN2O2+. The maximum atomic E-state index is 12.2. The highest BCUT2D eigenvalue weighted by molar-refractivity contribution is 6.31. The molecule has 2 aromatic carbocycles. The lowest BCUT2D eigenvalue weighted by Gasteiger charge is -2.17. The van der Waals surface area contributed by atoms with E-state index in [1.54, 1.807) is 0 Å². The number of carbonyl (C=O) groups is 2. The lowest BCUT2D eigenvalue weighted by molar-refractivity contribution is -0.682. The first-order chi connectivity index (χ1) is 12.0. The van der Waals surface area contributed by atoms with E-state index in [-0.39, 0.29) is 24.3 Å². The molecule has 2 atom stereocenters. The van der Waals surface area contributed by atoms with Gasteiger partial charge in [0, 0.05) is 10.6 Å². The summed E-state index contributed by atoms with van der Waals surface area (Å²) in [5, 5.41) is 5.44. The Hall–Kier alpha value is -2.17. The van der Waals surface area contributed by atoms with Crippen LogP contribution >= 0.6 is 11.6 Å². The van der Waals surface area contributed by atoms with Gasteiger partial charge >= 0.3 is 0 Å². The highest BCUT2D eigenvalue weighted by Crippen LogP contribution is 2.19. The summed E-state index contributed by atoms with van der Waals surface area (Å²) >= 11 is 6.19. The quantitative estimate of drug-likeness (QED) is 0.759. The van der Waals surface area contributed by atoms with Crippen LogP contribution in [0.15, 0.2) is 54.6 Å². The van der Waals surface area contributed by atoms with Crippen molar-refractivity contribution in [2.75, 3.05) is 6.54 Å². The Bertz CT molecular complexity index is 719. The van der Waals surface area contributed by atoms with Gasteiger partial charge in [0.2, 0.25) is 0 Å². The van der Waals surface area contributed by atoms with E-state index in [9.17, 15) is 9.59 Å². The maximum absolute atomic E-state index is 12.2. The monoisotopic (exact) mass is 359 g/mol. The van der Waals surface area contributed by atoms with Crippen LogP contribution in [0, 0.1) is 0 Å². The van der Waals surface area contributed by atoms with E-state index in [0.29, 0.717) is 11.4 Å². The first kappa shape index (κ1) is 19.2. The Balaban J connectivity index is 1.89. The average Bonchev–Trinajstić information content (AvgIpc) is 2.60. The van der Waals surface area contributed by atoms with E-state index >= 15 is 0 Å². The van der Waals surface area contributed by atoms with Crippen LogP contribution < -0.4 is 10.6 Å². The SMILES string of the molecule is CC(=O)[C@H](Cc1ccccc1)NC(=O)C[NH2+][C@@H](C)c1ccccc1Cl. The molecule has 25 heavy (non-hydrogen) atoms. The van der Waals surface area contributed by atoms with Crippen molar-refractivity contribution in [3.8, 4) is 0 Å². The van der Waals surface area contributed by atoms with Gasteiger partial charge in [0.25, 0.3) is 5.91 Å². The van der Waals surface area contributed by atoms with Crippen molar-refractivity contribution >= 4 is 23.3 Å². The lowest BCUT2D eigenvalue weighted by atomic mass is 10.0. The van der Waals surface area contributed by atoms with Crippen molar-refractivity contribution in [1.82, 2.24) is 5.32 Å². The minimum absolute atomic E-state index is 0.0450. The van der Waals surface area contributed by atoms with E-state index in [1.807, 2.05) is 66.8 Å². The van der Waals surface area contributed by atoms with Crippen molar-refractivity contribution in [3.63, 3.8) is 0 Å². The molecule has 1 amide bonds. The normalized spacial score (nSPS) is 13.1. The van der Waals surface area contributed by atoms with Crippen LogP contribution in [0.4, 0.5) is 0 Å². The van der Waals surface area contributed by atoms with E-state index in [1.165, 1.54) is 6.92 Å². The summed E-state index contributed by atoms with van der Waals surface area (Å²) in [5.41, 5.74) is 2.01. The zero-order chi connectivity index (χ0) is 18.2. The Labute approximate surface area is 153 Å². The molecule has 4 nitrogen and oxygen atoms in total. The highest BCUT2D eigenvalue weighted by atomic mass is 35.5. The molecule has 2 rings (SSSR count). The lowest BCUT2D eigenvalue weighted by Crippen LogP contribution is -2.87. The molecule has 5 heteroatoms. The van der Waals surface area contributed by atoms with Gasteiger partial charge in [-0.3, -0.25) is 9.59 Å². The minimum atomic E-state index is -0.501. The Morgan fingerprint density at radius 3 is 2.36 bits per heavy atom. The number of amides is 1. The predicted molar refractivity (Wildman–Crippen MR) is 99.4 cm³/mol. The summed E-state index contributed by atoms with van der Waals surface area (Å²) in [6, 6.07) is 16.8. The third kappa shape index (κ3) is 6.00. The molecular weight excluding hydrogens is 336 g/mol. The Morgan fingerprint density at radius 2 is 1.72 bits per heavy atom. The molecule has 0 fully saturated rings. The van der Waals surface area contributed by atoms with E-state index in [0.717, 1.165) is 11.1 Å². The molecule has 0 saturated heterocycles. The van der Waals surface area contributed by atoms with Gasteiger partial charge in [-0.2, -0.15) is 0 Å². The number of ketones is 1. The molecule has 0 spiro atoms. The summed E-state index contributed by atoms with van der Waals surface area (Å²) in [7, 11) is 0. The van der Waals surface area contributed by atoms with Crippen LogP contribution in [-0.4, -0.2) is 24.3 Å². The van der Waals surface area contributed by atoms with Crippen molar-refractivity contribution in [2.24, 2.45) is 0 Å². The number of Topliss-reactive ketones (excluding diaryl/α,β-unsaturated/α-hetero) is 1. The second-order valence-corrected chi connectivity index (χ2v) is 6.58. The summed E-state index contributed by atoms with van der Waals surface area (Å²) in [5.74, 6) is -0.202. The van der Waals surface area contributed by atoms with Gasteiger partial charge in [0.05, 0.1) is 6.04 Å². The molecule has 0 saturated carbocycles. The Morgan fingerprint density at radius 1 is 1.08 bits per heavy atom. The van der Waals surface area contributed by atoms with Crippen LogP contribution in [0.2, 0.25) is 5.02 Å². The number of nitrogens with one attached hydrogen (secondary N) is 1. The van der Waals surface area contributed by atoms with Gasteiger partial charge in [-0.25, -0.2) is 0 Å². The maximum Gasteiger partial charge on any atom is 0.275 e. The third-order valence-electron chi connectivity index (χ3n) is 4.16. The van der Waals surface area contributed by atoms with Gasteiger partial charge in [-0.05, 0) is 31.9 Å². The number of quaternary nitrogens is 1. The second kappa shape index (κ2) is 9.35. The van der Waals surface area contributed by atoms with Crippen molar-refractivity contribution in [1.29, 1.82) is 0 Å². The molecule has 2 aromatic rings. The standard InChI is InChI=1S/C20H23ClN2O2/c1-14(17-10-6-7-11-18(17)21)22-13-20(25)23-19(15(2)24)12-16-8-4-3-5-9-16/h3-11,14,19,22H,12-13H2,1-2H3,(H,23,25)/p+1/t14-,19-/m0/s1. The van der Waals surface area contributed by atoms with Gasteiger partial charge in [-0.15, -0.1) is 0 Å². The van der Waals surface area contributed by atoms with Gasteiger partial charge in [0.15, 0.2) is 12.3 Å². The van der Waals surface area contributed by atoms with Crippen molar-refractivity contribution < 1.29 is 14.9 Å². The Kier molecular flexibility index (Phi) is 7.16. The second-order valence-electron chi connectivity index (χ2n) is 6.17. The molecule has 0 aliphatic rings. The fraction of sp³-hybridized carbons (Fsp3) is 0.300. The first-order valence-corrected chi connectivity index (χ1v) is 8.76. The molecule has 132 valence electrons. The number of carbonyl (C=O) groups excluding carboxylic acids is 2. The largest absolute Gasteiger partial charge is 0.341 e. The molecule has 0 aliphatic heterocycles. The van der Waals surface area contributed by atoms with E-state index in [2.05, 4.69) is 5.32 Å². The summed E-state index contributed by atoms with van der Waals surface area (Å²) in [6.45, 7) is 3.75. The van der Waals surface area contributed by atoms with Gasteiger partial charge < -0.3 is 10.6 Å². The summed E-state index contributed by atoms with van der Waals surface area (Å²) < 4.78 is 0. The highest BCUT2D eigenvalue weighted by Gasteiger charge is 2.20. The average molecular weight is 360 g/mol. The third-order valence-corrected chi connectivity index (χ3v) is 4.51. The zero-order valence-electron chi connectivity index (χ0n) is 14.5. The predicted octanol–water partition coefficient (Wildman–Crippen LogP) is 2.28. The van der Waals surface area contributed by atoms with Gasteiger partial charge in [-0.1, -0.05) is 60.1 Å². The number of benzene rings is 2. The molecule has 0 unspecified atom stereocenters. The summed E-state index contributed by atoms with van der Waals surface area (Å²) in [6.07, 6.45) is 0.502. The van der Waals surface area contributed by atoms with Crippen LogP contribution in [0.25, 0.3) is 0 Å². The van der Waals surface area contributed by atoms with Crippen LogP contribution in [0.5, 0.6) is 0 Å². The number of hydrogen-bond donors (Lipinski definition) is 2. The van der Waals surface area contributed by atoms with Crippen molar-refractivity contribution in [2.45, 2.75) is 32.4 Å². The molecule has 0 aromatic heterocycles. The van der Waals surface area contributed by atoms with E-state index in [4.69, 9.17) is 11.6 Å². The topological polar surface area (TPSA) is 62.8 Å². The molecule has 0 heterocycles. The number of hydrogen-bond acceptors (Lipinski definition) is 2. The molecule has 0 aliphatic carbocycles. The van der Waals surface area contributed by atoms with Crippen LogP contribution in [0.3, 0.4) is 0 Å². The van der Waals surface area contributed by atoms with Crippen LogP contribution in [-0.2, 0) is 16.0 Å². The smallest absolute Gasteiger partial charge is 0.275 e. The number of nitrogens with two attached hydrogens (primary N) is 1. The number of rotatable bonds is 8. The molecule has 3 N–H and O–H groups in total.